The highest BCUT2D eigenvalue weighted by molar-refractivity contribution is 7.19. The van der Waals surface area contributed by atoms with Crippen molar-refractivity contribution in [1.82, 2.24) is 0 Å². The lowest BCUT2D eigenvalue weighted by atomic mass is 9.91. The van der Waals surface area contributed by atoms with E-state index in [-0.39, 0.29) is 0 Å². The summed E-state index contributed by atoms with van der Waals surface area (Å²) in [4.78, 5) is 13.4. The van der Waals surface area contributed by atoms with Gasteiger partial charge in [0, 0.05) is 21.4 Å². The maximum Gasteiger partial charge on any atom is 0.345 e. The average Bonchev–Trinajstić information content (AvgIpc) is 3.12. The molecule has 1 unspecified atom stereocenters. The first-order valence-electron chi connectivity index (χ1n) is 11.8. The number of hydrogen-bond donors (Lipinski definition) is 1. The summed E-state index contributed by atoms with van der Waals surface area (Å²) in [6, 6.07) is 24.7. The number of thiophene rings is 1. The second-order valence-corrected chi connectivity index (χ2v) is 10.5. The smallest absolute Gasteiger partial charge is 0.345 e. The molecule has 5 aromatic rings. The van der Waals surface area contributed by atoms with E-state index in [1.807, 2.05) is 55.5 Å². The van der Waals surface area contributed by atoms with E-state index in [1.54, 1.807) is 0 Å². The molecule has 5 rings (SSSR count). The summed E-state index contributed by atoms with van der Waals surface area (Å²) in [5.74, 6) is -0.316. The molecule has 1 heterocycles. The fourth-order valence-electron chi connectivity index (χ4n) is 4.92. The van der Waals surface area contributed by atoms with Gasteiger partial charge >= 0.3 is 5.97 Å². The molecule has 0 aliphatic heterocycles. The molecule has 0 spiro atoms. The van der Waals surface area contributed by atoms with Crippen LogP contribution in [0.5, 0.6) is 5.75 Å². The van der Waals surface area contributed by atoms with E-state index >= 15 is 0 Å². The van der Waals surface area contributed by atoms with Crippen molar-refractivity contribution in [3.8, 4) is 16.9 Å². The number of carbonyl (C=O) groups is 1. The van der Waals surface area contributed by atoms with E-state index in [4.69, 9.17) is 4.74 Å². The van der Waals surface area contributed by atoms with Crippen LogP contribution in [0.25, 0.3) is 32.0 Å². The van der Waals surface area contributed by atoms with Gasteiger partial charge in [-0.1, -0.05) is 54.6 Å². The van der Waals surface area contributed by atoms with E-state index in [1.165, 1.54) is 36.9 Å². The van der Waals surface area contributed by atoms with Gasteiger partial charge in [0.05, 0.1) is 0 Å². The van der Waals surface area contributed by atoms with Crippen LogP contribution in [0.4, 0.5) is 0 Å². The first kappa shape index (κ1) is 23.1. The maximum atomic E-state index is 12.0. The molecule has 0 aliphatic carbocycles. The van der Waals surface area contributed by atoms with Crippen LogP contribution in [-0.4, -0.2) is 17.2 Å². The number of rotatable bonds is 6. The summed E-state index contributed by atoms with van der Waals surface area (Å²) in [5, 5.41) is 13.6. The van der Waals surface area contributed by atoms with Gasteiger partial charge in [-0.25, -0.2) is 4.79 Å². The topological polar surface area (TPSA) is 46.5 Å². The van der Waals surface area contributed by atoms with Crippen molar-refractivity contribution in [2.45, 2.75) is 40.2 Å². The molecule has 0 aliphatic rings. The zero-order chi connectivity index (χ0) is 24.7. The molecule has 4 aromatic carbocycles. The third kappa shape index (κ3) is 4.30. The first-order valence-corrected chi connectivity index (χ1v) is 12.6. The molecule has 1 atom stereocenters. The molecular formula is C31H28O3S. The predicted molar refractivity (Wildman–Crippen MR) is 146 cm³/mol. The lowest BCUT2D eigenvalue weighted by molar-refractivity contribution is -0.145. The maximum absolute atomic E-state index is 12.0. The Balaban J connectivity index is 1.62. The quantitative estimate of drug-likeness (QED) is 0.268. The van der Waals surface area contributed by atoms with Gasteiger partial charge in [0.15, 0.2) is 6.10 Å². The Morgan fingerprint density at radius 1 is 0.914 bits per heavy atom. The van der Waals surface area contributed by atoms with Crippen molar-refractivity contribution in [3.63, 3.8) is 0 Å². The summed E-state index contributed by atoms with van der Waals surface area (Å²) in [6.45, 7) is 8.38. The minimum atomic E-state index is -0.961. The third-order valence-electron chi connectivity index (χ3n) is 6.73. The Bertz CT molecular complexity index is 1540. The second kappa shape index (κ2) is 9.20. The van der Waals surface area contributed by atoms with Crippen molar-refractivity contribution in [3.05, 3.63) is 99.9 Å². The lowest BCUT2D eigenvalue weighted by Crippen LogP contribution is -2.30. The molecule has 0 saturated carbocycles. The number of aryl methyl sites for hydroxylation is 4. The number of ether oxygens (including phenoxy) is 1. The van der Waals surface area contributed by atoms with Crippen molar-refractivity contribution < 1.29 is 14.6 Å². The highest BCUT2D eigenvalue weighted by Gasteiger charge is 2.23. The van der Waals surface area contributed by atoms with Crippen LogP contribution < -0.4 is 4.74 Å². The predicted octanol–water partition coefficient (Wildman–Crippen LogP) is 8.03. The number of carboxylic acid groups (broad SMARTS) is 1. The fourth-order valence-corrected chi connectivity index (χ4v) is 6.05. The molecule has 176 valence electrons. The van der Waals surface area contributed by atoms with Crippen LogP contribution in [0.1, 0.15) is 27.1 Å². The Morgan fingerprint density at radius 2 is 1.57 bits per heavy atom. The third-order valence-corrected chi connectivity index (χ3v) is 7.88. The molecule has 1 N–H and O–H groups in total. The van der Waals surface area contributed by atoms with E-state index in [9.17, 15) is 9.90 Å². The highest BCUT2D eigenvalue weighted by Crippen LogP contribution is 2.44. The summed E-state index contributed by atoms with van der Waals surface area (Å²) in [6.07, 6.45) is -0.639. The van der Waals surface area contributed by atoms with Gasteiger partial charge in [0.2, 0.25) is 0 Å². The Kier molecular flexibility index (Phi) is 6.08. The molecule has 35 heavy (non-hydrogen) atoms. The van der Waals surface area contributed by atoms with Crippen molar-refractivity contribution in [1.29, 1.82) is 0 Å². The van der Waals surface area contributed by atoms with Gasteiger partial charge in [-0.05, 0) is 90.0 Å². The number of aliphatic carboxylic acids is 1. The number of hydrogen-bond acceptors (Lipinski definition) is 3. The van der Waals surface area contributed by atoms with E-state index in [0.717, 1.165) is 22.3 Å². The summed E-state index contributed by atoms with van der Waals surface area (Å²) < 4.78 is 7.43. The molecular weight excluding hydrogens is 452 g/mol. The van der Waals surface area contributed by atoms with Crippen LogP contribution in [0.15, 0.2) is 72.8 Å². The lowest BCUT2D eigenvalue weighted by Gasteiger charge is -2.20. The monoisotopic (exact) mass is 480 g/mol. The van der Waals surface area contributed by atoms with Crippen LogP contribution in [-0.2, 0) is 11.2 Å². The standard InChI is InChI=1S/C31H28O3S/c1-18-14-24(15-19(2)30(18)34-26(31(32)33)16-22-10-6-5-7-11-22)29-25-13-9-8-12-23(25)17-27-28(29)20(3)21(4)35-27/h5-15,17,26H,16H2,1-4H3,(H,32,33). The number of fused-ring (bicyclic) bond motifs is 2. The van der Waals surface area contributed by atoms with Crippen molar-refractivity contribution in [2.75, 3.05) is 0 Å². The molecule has 0 saturated heterocycles. The van der Waals surface area contributed by atoms with Gasteiger partial charge in [-0.2, -0.15) is 0 Å². The van der Waals surface area contributed by atoms with Crippen LogP contribution >= 0.6 is 11.3 Å². The Morgan fingerprint density at radius 3 is 2.26 bits per heavy atom. The Labute approximate surface area is 209 Å². The normalized spacial score (nSPS) is 12.2. The first-order chi connectivity index (χ1) is 16.8. The van der Waals surface area contributed by atoms with Crippen molar-refractivity contribution >= 4 is 38.2 Å². The molecule has 0 fully saturated rings. The van der Waals surface area contributed by atoms with Crippen LogP contribution in [0.3, 0.4) is 0 Å². The van der Waals surface area contributed by atoms with E-state index < -0.39 is 12.1 Å². The molecule has 4 heteroatoms. The zero-order valence-electron chi connectivity index (χ0n) is 20.4. The zero-order valence-corrected chi connectivity index (χ0v) is 21.2. The summed E-state index contributed by atoms with van der Waals surface area (Å²) in [5.41, 5.74) is 6.49. The number of benzene rings is 4. The van der Waals surface area contributed by atoms with Crippen LogP contribution in [0, 0.1) is 27.7 Å². The molecule has 0 bridgehead atoms. The van der Waals surface area contributed by atoms with Gasteiger partial charge in [0.1, 0.15) is 5.75 Å². The second-order valence-electron chi connectivity index (χ2n) is 9.20. The van der Waals surface area contributed by atoms with Gasteiger partial charge in [-0.3, -0.25) is 0 Å². The SMILES string of the molecule is Cc1cc(-c2c3ccccc3cc3sc(C)c(C)c23)cc(C)c1OC(Cc1ccccc1)C(=O)O. The highest BCUT2D eigenvalue weighted by atomic mass is 32.1. The van der Waals surface area contributed by atoms with E-state index in [2.05, 4.69) is 56.3 Å². The fraction of sp³-hybridized carbons (Fsp3) is 0.194. The number of carboxylic acids is 1. The molecule has 1 aromatic heterocycles. The largest absolute Gasteiger partial charge is 0.478 e. The minimum absolute atomic E-state index is 0.314. The summed E-state index contributed by atoms with van der Waals surface area (Å²) in [7, 11) is 0. The minimum Gasteiger partial charge on any atom is -0.478 e. The summed E-state index contributed by atoms with van der Waals surface area (Å²) >= 11 is 1.84. The van der Waals surface area contributed by atoms with Gasteiger partial charge in [0.25, 0.3) is 0 Å². The van der Waals surface area contributed by atoms with Gasteiger partial charge < -0.3 is 9.84 Å². The molecule has 0 radical (unpaired) electrons. The van der Waals surface area contributed by atoms with Crippen molar-refractivity contribution in [2.24, 2.45) is 0 Å². The van der Waals surface area contributed by atoms with Crippen LogP contribution in [0.2, 0.25) is 0 Å². The average molecular weight is 481 g/mol. The van der Waals surface area contributed by atoms with E-state index in [0.29, 0.717) is 12.2 Å². The molecule has 3 nitrogen and oxygen atoms in total. The Hall–Kier alpha value is -3.63. The molecule has 0 amide bonds. The van der Waals surface area contributed by atoms with Gasteiger partial charge in [-0.15, -0.1) is 11.3 Å².